The van der Waals surface area contributed by atoms with E-state index in [0.717, 1.165) is 0 Å². The van der Waals surface area contributed by atoms with Crippen molar-refractivity contribution < 1.29 is 19.8 Å². The summed E-state index contributed by atoms with van der Waals surface area (Å²) >= 11 is 0. The molecule has 0 aliphatic heterocycles. The number of hydrogen-bond acceptors (Lipinski definition) is 4. The van der Waals surface area contributed by atoms with Gasteiger partial charge in [0, 0.05) is 12.2 Å². The minimum atomic E-state index is -0.753. The van der Waals surface area contributed by atoms with Crippen LogP contribution in [-0.4, -0.2) is 125 Å². The van der Waals surface area contributed by atoms with E-state index in [1.165, 1.54) is 0 Å². The van der Waals surface area contributed by atoms with Crippen molar-refractivity contribution in [2.45, 2.75) is 0 Å². The van der Waals surface area contributed by atoms with Gasteiger partial charge in [0.25, 0.3) is 0 Å². The van der Waals surface area contributed by atoms with Crippen LogP contribution in [0.25, 0.3) is 0 Å². The van der Waals surface area contributed by atoms with Crippen LogP contribution in [-0.2, 0) is 9.59 Å². The van der Waals surface area contributed by atoms with Crippen LogP contribution in [0.1, 0.15) is 0 Å². The van der Waals surface area contributed by atoms with Gasteiger partial charge in [-0.05, 0) is 0 Å². The summed E-state index contributed by atoms with van der Waals surface area (Å²) in [5.74, 6) is -2.78. The third-order valence-corrected chi connectivity index (χ3v) is 1.04. The van der Waals surface area contributed by atoms with Gasteiger partial charge in [-0.2, -0.15) is 0 Å². The van der Waals surface area contributed by atoms with Crippen LogP contribution >= 0.6 is 0 Å². The maximum absolute atomic E-state index is 10.4. The van der Waals surface area contributed by atoms with Crippen molar-refractivity contribution in [2.75, 3.05) is 0 Å². The molecule has 0 aromatic carbocycles. The molecule has 0 aromatic rings. The quantitative estimate of drug-likeness (QED) is 0.394. The van der Waals surface area contributed by atoms with Gasteiger partial charge in [0.2, 0.25) is 11.6 Å². The number of hydrogen-bond donors (Lipinski definition) is 2. The zero-order valence-electron chi connectivity index (χ0n) is 4.87. The molecule has 1 aliphatic rings. The average molecular weight is 220 g/mol. The normalized spacial score (nSPS) is 15.3. The van der Waals surface area contributed by atoms with Gasteiger partial charge in [-0.1, -0.05) is 0 Å². The molecule has 0 amide bonds. The van der Waals surface area contributed by atoms with Crippen LogP contribution < -0.4 is 0 Å². The summed E-state index contributed by atoms with van der Waals surface area (Å²) in [5.41, 5.74) is 0. The van der Waals surface area contributed by atoms with E-state index < -0.39 is 23.1 Å². The number of aliphatic hydroxyl groups is 2. The Balaban J connectivity index is 0. The standard InChI is InChI=1S/C6H4O4.2K.2H/c7-3-1-4(8)6(10)2-5(3)9;;;;/h1-2,7,10H;;;;. The molecule has 0 saturated heterocycles. The Morgan fingerprint density at radius 3 is 1.33 bits per heavy atom. The number of allylic oxidation sites excluding steroid dienone is 2. The molecule has 2 N–H and O–H groups in total. The topological polar surface area (TPSA) is 74.6 Å². The summed E-state index contributed by atoms with van der Waals surface area (Å²) in [6.45, 7) is 0. The van der Waals surface area contributed by atoms with Gasteiger partial charge < -0.3 is 10.2 Å². The third kappa shape index (κ3) is 4.27. The Hall–Kier alpha value is 1.69. The molecule has 0 fully saturated rings. The van der Waals surface area contributed by atoms with E-state index in [9.17, 15) is 9.59 Å². The molecule has 0 heterocycles. The van der Waals surface area contributed by atoms with E-state index in [-0.39, 0.29) is 103 Å². The van der Waals surface area contributed by atoms with E-state index in [1.807, 2.05) is 0 Å². The van der Waals surface area contributed by atoms with Crippen molar-refractivity contribution in [2.24, 2.45) is 0 Å². The molecule has 0 aromatic heterocycles. The second-order valence-corrected chi connectivity index (χ2v) is 1.79. The molecule has 1 rings (SSSR count). The predicted octanol–water partition coefficient (Wildman–Crippen LogP) is -1.28. The zero-order chi connectivity index (χ0) is 7.72. The summed E-state index contributed by atoms with van der Waals surface area (Å²) in [6.07, 6.45) is 1.36. The molecule has 56 valence electrons. The summed E-state index contributed by atoms with van der Waals surface area (Å²) < 4.78 is 0. The van der Waals surface area contributed by atoms with E-state index >= 15 is 0 Å². The van der Waals surface area contributed by atoms with E-state index in [1.54, 1.807) is 0 Å². The number of aliphatic hydroxyl groups excluding tert-OH is 2. The van der Waals surface area contributed by atoms with Crippen LogP contribution in [0, 0.1) is 0 Å². The van der Waals surface area contributed by atoms with Crippen molar-refractivity contribution in [3.05, 3.63) is 23.7 Å². The van der Waals surface area contributed by atoms with Gasteiger partial charge in [-0.25, -0.2) is 0 Å². The Labute approximate surface area is 154 Å². The van der Waals surface area contributed by atoms with Crippen LogP contribution in [0.3, 0.4) is 0 Å². The average Bonchev–Trinajstić information content (AvgIpc) is 1.84. The van der Waals surface area contributed by atoms with Crippen molar-refractivity contribution >= 4 is 114 Å². The van der Waals surface area contributed by atoms with Crippen molar-refractivity contribution in [3.8, 4) is 0 Å². The first kappa shape index (κ1) is 16.1. The molecule has 0 bridgehead atoms. The number of carbonyl (C=O) groups is 2. The van der Waals surface area contributed by atoms with Crippen LogP contribution in [0.4, 0.5) is 0 Å². The Kier molecular flexibility index (Phi) is 9.47. The molecular formula is C6H6K2O4. The molecule has 0 saturated carbocycles. The van der Waals surface area contributed by atoms with E-state index in [2.05, 4.69) is 0 Å². The van der Waals surface area contributed by atoms with E-state index in [0.29, 0.717) is 12.2 Å². The first-order valence-corrected chi connectivity index (χ1v) is 2.51. The van der Waals surface area contributed by atoms with Gasteiger partial charge in [0.05, 0.1) is 0 Å². The Bertz CT molecular complexity index is 239. The molecule has 0 atom stereocenters. The number of carbonyl (C=O) groups excluding carboxylic acids is 2. The first-order valence-electron chi connectivity index (χ1n) is 2.51. The summed E-state index contributed by atoms with van der Waals surface area (Å²) in [7, 11) is 0. The van der Waals surface area contributed by atoms with Crippen molar-refractivity contribution in [1.82, 2.24) is 0 Å². The Morgan fingerprint density at radius 2 is 1.08 bits per heavy atom. The molecule has 1 aliphatic carbocycles. The molecule has 12 heavy (non-hydrogen) atoms. The van der Waals surface area contributed by atoms with Gasteiger partial charge in [-0.3, -0.25) is 9.59 Å². The zero-order valence-corrected chi connectivity index (χ0v) is 4.87. The fourth-order valence-corrected chi connectivity index (χ4v) is 0.538. The molecular weight excluding hydrogens is 214 g/mol. The van der Waals surface area contributed by atoms with Gasteiger partial charge in [-0.15, -0.1) is 0 Å². The number of ketones is 2. The fraction of sp³-hybridized carbons (Fsp3) is 0. The van der Waals surface area contributed by atoms with Gasteiger partial charge in [0.15, 0.2) is 11.5 Å². The van der Waals surface area contributed by atoms with Crippen LogP contribution in [0.5, 0.6) is 0 Å². The second kappa shape index (κ2) is 7.05. The SMILES string of the molecule is O=C1C=C(O)C(=O)C=C1O.[KH].[KH]. The van der Waals surface area contributed by atoms with Gasteiger partial charge in [0.1, 0.15) is 0 Å². The maximum atomic E-state index is 10.4. The van der Waals surface area contributed by atoms with E-state index in [4.69, 9.17) is 10.2 Å². The summed E-state index contributed by atoms with van der Waals surface area (Å²) in [6, 6.07) is 0. The predicted molar refractivity (Wildman–Crippen MR) is 45.7 cm³/mol. The monoisotopic (exact) mass is 220 g/mol. The molecule has 6 heteroatoms. The number of rotatable bonds is 0. The first-order chi connectivity index (χ1) is 4.61. The summed E-state index contributed by atoms with van der Waals surface area (Å²) in [5, 5.41) is 17.2. The third-order valence-electron chi connectivity index (χ3n) is 1.04. The minimum absolute atomic E-state index is 0. The molecule has 0 spiro atoms. The fourth-order valence-electron chi connectivity index (χ4n) is 0.538. The molecule has 0 radical (unpaired) electrons. The van der Waals surface area contributed by atoms with Crippen LogP contribution in [0.15, 0.2) is 23.7 Å². The molecule has 4 nitrogen and oxygen atoms in total. The Morgan fingerprint density at radius 1 is 0.833 bits per heavy atom. The van der Waals surface area contributed by atoms with Crippen LogP contribution in [0.2, 0.25) is 0 Å². The van der Waals surface area contributed by atoms with Crippen molar-refractivity contribution in [1.29, 1.82) is 0 Å². The van der Waals surface area contributed by atoms with Crippen molar-refractivity contribution in [3.63, 3.8) is 0 Å². The second-order valence-electron chi connectivity index (χ2n) is 1.79. The molecule has 0 unspecified atom stereocenters. The van der Waals surface area contributed by atoms with Gasteiger partial charge >= 0.3 is 103 Å². The summed E-state index contributed by atoms with van der Waals surface area (Å²) in [4.78, 5) is 20.9.